The van der Waals surface area contributed by atoms with Crippen molar-refractivity contribution in [2.75, 3.05) is 51.0 Å². The number of nitrogens with zero attached hydrogens (tertiary/aromatic N) is 1. The van der Waals surface area contributed by atoms with Crippen LogP contribution in [0.2, 0.25) is 0 Å². The molecule has 3 atom stereocenters. The average molecular weight is 300 g/mol. The lowest BCUT2D eigenvalue weighted by atomic mass is 9.89. The summed E-state index contributed by atoms with van der Waals surface area (Å²) in [5, 5.41) is 3.85. The van der Waals surface area contributed by atoms with Crippen molar-refractivity contribution in [3.63, 3.8) is 0 Å². The van der Waals surface area contributed by atoms with E-state index in [0.717, 1.165) is 39.5 Å². The van der Waals surface area contributed by atoms with Crippen LogP contribution in [0.4, 0.5) is 0 Å². The minimum Gasteiger partial charge on any atom is -0.379 e. The fourth-order valence-corrected chi connectivity index (χ4v) is 5.04. The minimum absolute atomic E-state index is 0.194. The van der Waals surface area contributed by atoms with Gasteiger partial charge in [0, 0.05) is 44.1 Å². The second kappa shape index (κ2) is 6.97. The van der Waals surface area contributed by atoms with E-state index in [-0.39, 0.29) is 5.60 Å². The summed E-state index contributed by atoms with van der Waals surface area (Å²) in [6.07, 6.45) is 3.61. The minimum atomic E-state index is 0.194. The van der Waals surface area contributed by atoms with E-state index < -0.39 is 0 Å². The smallest absolute Gasteiger partial charge is 0.0795 e. The number of hydrogen-bond acceptors (Lipinski definition) is 5. The van der Waals surface area contributed by atoms with Gasteiger partial charge in [0.2, 0.25) is 0 Å². The van der Waals surface area contributed by atoms with E-state index in [0.29, 0.717) is 12.1 Å². The second-order valence-electron chi connectivity index (χ2n) is 6.50. The Morgan fingerprint density at radius 2 is 2.20 bits per heavy atom. The van der Waals surface area contributed by atoms with Crippen LogP contribution < -0.4 is 5.32 Å². The fourth-order valence-electron chi connectivity index (χ4n) is 3.66. The Bertz CT molecular complexity index is 304. The molecular weight excluding hydrogens is 272 g/mol. The van der Waals surface area contributed by atoms with E-state index >= 15 is 0 Å². The van der Waals surface area contributed by atoms with Crippen molar-refractivity contribution in [1.82, 2.24) is 10.2 Å². The van der Waals surface area contributed by atoms with Crippen molar-refractivity contribution in [2.45, 2.75) is 43.9 Å². The van der Waals surface area contributed by atoms with Crippen LogP contribution in [0.5, 0.6) is 0 Å². The van der Waals surface area contributed by atoms with Gasteiger partial charge < -0.3 is 14.8 Å². The Labute approximate surface area is 126 Å². The first-order chi connectivity index (χ1) is 9.76. The molecule has 3 rings (SSSR count). The van der Waals surface area contributed by atoms with E-state index in [9.17, 15) is 0 Å². The summed E-state index contributed by atoms with van der Waals surface area (Å²) in [4.78, 5) is 2.52. The van der Waals surface area contributed by atoms with Crippen molar-refractivity contribution in [3.8, 4) is 0 Å². The van der Waals surface area contributed by atoms with E-state index in [1.54, 1.807) is 0 Å². The van der Waals surface area contributed by atoms with Gasteiger partial charge in [-0.2, -0.15) is 11.8 Å². The Balaban J connectivity index is 1.44. The topological polar surface area (TPSA) is 33.7 Å². The normalized spacial score (nSPS) is 37.4. The van der Waals surface area contributed by atoms with Crippen LogP contribution in [0.1, 0.15) is 26.2 Å². The number of thioether (sulfide) groups is 1. The first kappa shape index (κ1) is 15.1. The lowest BCUT2D eigenvalue weighted by Crippen LogP contribution is -2.52. The molecule has 0 aromatic heterocycles. The molecule has 5 heteroatoms. The predicted molar refractivity (Wildman–Crippen MR) is 83.5 cm³/mol. The van der Waals surface area contributed by atoms with Crippen LogP contribution in [-0.4, -0.2) is 73.5 Å². The molecule has 3 aliphatic heterocycles. The number of nitrogens with one attached hydrogen (secondary N) is 1. The molecule has 116 valence electrons. The summed E-state index contributed by atoms with van der Waals surface area (Å²) in [7, 11) is 0. The van der Waals surface area contributed by atoms with Crippen LogP contribution >= 0.6 is 11.8 Å². The van der Waals surface area contributed by atoms with Gasteiger partial charge in [-0.15, -0.1) is 0 Å². The maximum atomic E-state index is 6.10. The number of rotatable bonds is 4. The molecule has 3 unspecified atom stereocenters. The SMILES string of the molecule is CC(CN1CCOCC1)NC1CCOC2(CCSC2)C1. The van der Waals surface area contributed by atoms with Crippen LogP contribution in [-0.2, 0) is 9.47 Å². The molecule has 0 radical (unpaired) electrons. The van der Waals surface area contributed by atoms with Gasteiger partial charge in [0.1, 0.15) is 0 Å². The summed E-state index contributed by atoms with van der Waals surface area (Å²) in [5.41, 5.74) is 0.194. The highest BCUT2D eigenvalue weighted by molar-refractivity contribution is 7.99. The Kier molecular flexibility index (Phi) is 5.26. The molecule has 20 heavy (non-hydrogen) atoms. The lowest BCUT2D eigenvalue weighted by molar-refractivity contribution is -0.0717. The summed E-state index contributed by atoms with van der Waals surface area (Å²) in [6, 6.07) is 1.20. The predicted octanol–water partition coefficient (Wildman–Crippen LogP) is 1.35. The molecule has 3 heterocycles. The molecule has 0 aromatic carbocycles. The van der Waals surface area contributed by atoms with Crippen molar-refractivity contribution >= 4 is 11.8 Å². The highest BCUT2D eigenvalue weighted by Crippen LogP contribution is 2.38. The molecule has 1 N–H and O–H groups in total. The molecule has 4 nitrogen and oxygen atoms in total. The molecule has 3 aliphatic rings. The zero-order valence-corrected chi connectivity index (χ0v) is 13.4. The van der Waals surface area contributed by atoms with Crippen LogP contribution in [0.3, 0.4) is 0 Å². The highest BCUT2D eigenvalue weighted by atomic mass is 32.2. The third-order valence-corrected chi connectivity index (χ3v) is 5.94. The molecule has 1 spiro atoms. The van der Waals surface area contributed by atoms with Crippen molar-refractivity contribution in [2.24, 2.45) is 0 Å². The molecule has 0 bridgehead atoms. The lowest BCUT2D eigenvalue weighted by Gasteiger charge is -2.40. The van der Waals surface area contributed by atoms with E-state index in [2.05, 4.69) is 28.9 Å². The second-order valence-corrected chi connectivity index (χ2v) is 7.61. The number of morpholine rings is 1. The van der Waals surface area contributed by atoms with Gasteiger partial charge in [0.05, 0.1) is 18.8 Å². The first-order valence-electron chi connectivity index (χ1n) is 8.04. The number of hydrogen-bond donors (Lipinski definition) is 1. The van der Waals surface area contributed by atoms with Crippen LogP contribution in [0, 0.1) is 0 Å². The standard InChI is InChI=1S/C15H28N2O2S/c1-13(11-17-4-7-18-8-5-17)16-14-2-6-19-15(10-14)3-9-20-12-15/h13-14,16H,2-12H2,1H3. The maximum Gasteiger partial charge on any atom is 0.0795 e. The van der Waals surface area contributed by atoms with E-state index in [1.165, 1.54) is 30.8 Å². The Morgan fingerprint density at radius 1 is 1.35 bits per heavy atom. The molecule has 3 saturated heterocycles. The van der Waals surface area contributed by atoms with E-state index in [4.69, 9.17) is 9.47 Å². The van der Waals surface area contributed by atoms with Gasteiger partial charge >= 0.3 is 0 Å². The summed E-state index contributed by atoms with van der Waals surface area (Å²) in [6.45, 7) is 8.35. The van der Waals surface area contributed by atoms with Crippen molar-refractivity contribution in [1.29, 1.82) is 0 Å². The third-order valence-electron chi connectivity index (χ3n) is 4.72. The molecule has 3 fully saturated rings. The summed E-state index contributed by atoms with van der Waals surface area (Å²) in [5.74, 6) is 2.47. The zero-order valence-electron chi connectivity index (χ0n) is 12.6. The monoisotopic (exact) mass is 300 g/mol. The molecular formula is C15H28N2O2S. The summed E-state index contributed by atoms with van der Waals surface area (Å²) < 4.78 is 11.5. The molecule has 0 aliphatic carbocycles. The van der Waals surface area contributed by atoms with E-state index in [1.807, 2.05) is 0 Å². The molecule has 0 amide bonds. The van der Waals surface area contributed by atoms with Gasteiger partial charge in [0.25, 0.3) is 0 Å². The highest BCUT2D eigenvalue weighted by Gasteiger charge is 2.40. The van der Waals surface area contributed by atoms with Gasteiger partial charge in [-0.05, 0) is 31.9 Å². The summed E-state index contributed by atoms with van der Waals surface area (Å²) >= 11 is 2.05. The molecule has 0 aromatic rings. The fraction of sp³-hybridized carbons (Fsp3) is 1.00. The quantitative estimate of drug-likeness (QED) is 0.848. The number of ether oxygens (including phenoxy) is 2. The zero-order chi connectivity index (χ0) is 13.8. The van der Waals surface area contributed by atoms with Gasteiger partial charge in [-0.25, -0.2) is 0 Å². The van der Waals surface area contributed by atoms with Gasteiger partial charge in [-0.3, -0.25) is 4.90 Å². The van der Waals surface area contributed by atoms with Gasteiger partial charge in [0.15, 0.2) is 0 Å². The first-order valence-corrected chi connectivity index (χ1v) is 9.19. The Hall–Kier alpha value is 0.190. The average Bonchev–Trinajstić information content (AvgIpc) is 2.87. The molecule has 0 saturated carbocycles. The third kappa shape index (κ3) is 3.89. The van der Waals surface area contributed by atoms with Gasteiger partial charge in [-0.1, -0.05) is 0 Å². The largest absolute Gasteiger partial charge is 0.379 e. The van der Waals surface area contributed by atoms with Crippen molar-refractivity contribution in [3.05, 3.63) is 0 Å². The van der Waals surface area contributed by atoms with Crippen LogP contribution in [0.15, 0.2) is 0 Å². The van der Waals surface area contributed by atoms with Crippen LogP contribution in [0.25, 0.3) is 0 Å². The Morgan fingerprint density at radius 3 is 2.95 bits per heavy atom. The maximum absolute atomic E-state index is 6.10. The van der Waals surface area contributed by atoms with Crippen molar-refractivity contribution < 1.29 is 9.47 Å².